The van der Waals surface area contributed by atoms with Crippen LogP contribution in [-0.2, 0) is 0 Å². The molecule has 0 unspecified atom stereocenters. The minimum absolute atomic E-state index is 0.913. The number of rotatable bonds is 1. The number of furan rings is 1. The molecule has 38 heavy (non-hydrogen) atoms. The van der Waals surface area contributed by atoms with Gasteiger partial charge >= 0.3 is 0 Å². The van der Waals surface area contributed by atoms with Crippen LogP contribution in [0.3, 0.4) is 0 Å². The van der Waals surface area contributed by atoms with Gasteiger partial charge < -0.3 is 8.98 Å². The van der Waals surface area contributed by atoms with Crippen LogP contribution >= 0.6 is 0 Å². The van der Waals surface area contributed by atoms with Crippen LogP contribution in [0.25, 0.3) is 81.7 Å². The number of nitrogens with zero attached hydrogens (tertiary/aromatic N) is 1. The summed E-state index contributed by atoms with van der Waals surface area (Å²) >= 11 is 0. The molecule has 0 aliphatic rings. The van der Waals surface area contributed by atoms with Crippen molar-refractivity contribution >= 4 is 76.1 Å². The second kappa shape index (κ2) is 7.24. The van der Waals surface area contributed by atoms with Gasteiger partial charge in [-0.15, -0.1) is 0 Å². The number of aromatic nitrogens is 1. The molecule has 0 fully saturated rings. The quantitative estimate of drug-likeness (QED) is 0.212. The molecule has 0 bridgehead atoms. The molecule has 0 N–H and O–H groups in total. The van der Waals surface area contributed by atoms with Crippen LogP contribution in [-0.4, -0.2) is 4.57 Å². The molecule has 7 aromatic carbocycles. The summed E-state index contributed by atoms with van der Waals surface area (Å²) in [6, 6.07) is 45.9. The highest BCUT2D eigenvalue weighted by atomic mass is 16.3. The Morgan fingerprint density at radius 3 is 1.84 bits per heavy atom. The zero-order valence-electron chi connectivity index (χ0n) is 20.5. The normalized spacial score (nSPS) is 12.2. The number of hydrogen-bond acceptors (Lipinski definition) is 1. The van der Waals surface area contributed by atoms with Gasteiger partial charge in [-0.1, -0.05) is 91.0 Å². The van der Waals surface area contributed by atoms with Gasteiger partial charge in [-0.3, -0.25) is 0 Å². The zero-order chi connectivity index (χ0) is 24.8. The first-order valence-corrected chi connectivity index (χ1v) is 13.0. The zero-order valence-corrected chi connectivity index (χ0v) is 20.5. The summed E-state index contributed by atoms with van der Waals surface area (Å²) in [6.45, 7) is 0. The van der Waals surface area contributed by atoms with Crippen LogP contribution in [0.2, 0.25) is 0 Å². The lowest BCUT2D eigenvalue weighted by Gasteiger charge is -2.12. The number of fused-ring (bicyclic) bond motifs is 12. The Morgan fingerprint density at radius 2 is 1.03 bits per heavy atom. The molecule has 0 aliphatic carbocycles. The van der Waals surface area contributed by atoms with E-state index in [4.69, 9.17) is 4.42 Å². The molecular formula is C36H21NO. The Hall–Kier alpha value is -5.08. The Labute approximate surface area is 217 Å². The second-order valence-electron chi connectivity index (χ2n) is 10.1. The van der Waals surface area contributed by atoms with E-state index in [2.05, 4.69) is 120 Å². The standard InChI is InChI=1S/C36H21NO/c1-2-10-23-20-32-31(19-22(23)9-1)35-28-14-5-3-11-25(28)26-12-4-6-15-29(26)36(35)37(32)24-17-18-34-30(21-24)27-13-7-8-16-33(27)38-34/h1-21H. The molecule has 0 saturated heterocycles. The fourth-order valence-electron chi connectivity index (χ4n) is 6.48. The van der Waals surface area contributed by atoms with Crippen molar-refractivity contribution in [2.45, 2.75) is 0 Å². The van der Waals surface area contributed by atoms with Gasteiger partial charge in [0.2, 0.25) is 0 Å². The van der Waals surface area contributed by atoms with E-state index < -0.39 is 0 Å². The summed E-state index contributed by atoms with van der Waals surface area (Å²) in [4.78, 5) is 0. The monoisotopic (exact) mass is 483 g/mol. The van der Waals surface area contributed by atoms with E-state index in [9.17, 15) is 0 Å². The fraction of sp³-hybridized carbons (Fsp3) is 0. The lowest BCUT2D eigenvalue weighted by molar-refractivity contribution is 0.669. The summed E-state index contributed by atoms with van der Waals surface area (Å²) in [7, 11) is 0. The topological polar surface area (TPSA) is 18.1 Å². The van der Waals surface area contributed by atoms with Crippen molar-refractivity contribution in [2.24, 2.45) is 0 Å². The smallest absolute Gasteiger partial charge is 0.135 e. The van der Waals surface area contributed by atoms with Gasteiger partial charge in [-0.25, -0.2) is 0 Å². The van der Waals surface area contributed by atoms with Crippen molar-refractivity contribution in [1.82, 2.24) is 4.57 Å². The third-order valence-electron chi connectivity index (χ3n) is 8.12. The van der Waals surface area contributed by atoms with Gasteiger partial charge in [0.25, 0.3) is 0 Å². The average Bonchev–Trinajstić information content (AvgIpc) is 3.51. The highest BCUT2D eigenvalue weighted by Crippen LogP contribution is 2.44. The largest absolute Gasteiger partial charge is 0.456 e. The predicted octanol–water partition coefficient (Wildman–Crippen LogP) is 10.1. The molecule has 176 valence electrons. The van der Waals surface area contributed by atoms with Gasteiger partial charge in [0.05, 0.1) is 11.0 Å². The molecule has 2 nitrogen and oxygen atoms in total. The summed E-state index contributed by atoms with van der Waals surface area (Å²) < 4.78 is 8.64. The Bertz CT molecular complexity index is 2400. The average molecular weight is 484 g/mol. The molecule has 0 atom stereocenters. The third-order valence-corrected chi connectivity index (χ3v) is 8.12. The van der Waals surface area contributed by atoms with Crippen molar-refractivity contribution in [2.75, 3.05) is 0 Å². The van der Waals surface area contributed by atoms with E-state index in [0.717, 1.165) is 27.6 Å². The molecular weight excluding hydrogens is 462 g/mol. The van der Waals surface area contributed by atoms with Gasteiger partial charge in [0, 0.05) is 32.6 Å². The SMILES string of the molecule is c1ccc2cc3c(cc2c1)c1c2ccccc2c2ccccc2c1n3-c1ccc2oc3ccccc3c2c1. The second-order valence-corrected chi connectivity index (χ2v) is 10.1. The molecule has 9 aromatic rings. The minimum Gasteiger partial charge on any atom is -0.456 e. The van der Waals surface area contributed by atoms with E-state index in [1.165, 1.54) is 54.1 Å². The Morgan fingerprint density at radius 1 is 0.421 bits per heavy atom. The van der Waals surface area contributed by atoms with Crippen LogP contribution in [0, 0.1) is 0 Å². The Balaban J connectivity index is 1.56. The molecule has 2 heteroatoms. The molecule has 9 rings (SSSR count). The van der Waals surface area contributed by atoms with Gasteiger partial charge in [-0.2, -0.15) is 0 Å². The van der Waals surface area contributed by atoms with Crippen molar-refractivity contribution in [3.05, 3.63) is 127 Å². The number of hydrogen-bond donors (Lipinski definition) is 0. The summed E-state index contributed by atoms with van der Waals surface area (Å²) in [5.41, 5.74) is 5.43. The van der Waals surface area contributed by atoms with Crippen molar-refractivity contribution < 1.29 is 4.42 Å². The number of benzene rings is 7. The molecule has 0 aliphatic heterocycles. The van der Waals surface area contributed by atoms with E-state index in [0.29, 0.717) is 0 Å². The van der Waals surface area contributed by atoms with Crippen LogP contribution < -0.4 is 0 Å². The van der Waals surface area contributed by atoms with Gasteiger partial charge in [0.1, 0.15) is 11.2 Å². The highest BCUT2D eigenvalue weighted by Gasteiger charge is 2.20. The van der Waals surface area contributed by atoms with Crippen LogP contribution in [0.4, 0.5) is 0 Å². The molecule has 0 spiro atoms. The van der Waals surface area contributed by atoms with Crippen LogP contribution in [0.1, 0.15) is 0 Å². The Kier molecular flexibility index (Phi) is 3.82. The molecule has 0 saturated carbocycles. The van der Waals surface area contributed by atoms with E-state index in [-0.39, 0.29) is 0 Å². The maximum absolute atomic E-state index is 6.18. The molecule has 2 heterocycles. The molecule has 0 amide bonds. The molecule has 2 aromatic heterocycles. The van der Waals surface area contributed by atoms with Gasteiger partial charge in [-0.05, 0) is 63.3 Å². The van der Waals surface area contributed by atoms with Gasteiger partial charge in [0.15, 0.2) is 0 Å². The first-order valence-electron chi connectivity index (χ1n) is 13.0. The van der Waals surface area contributed by atoms with Crippen molar-refractivity contribution in [3.63, 3.8) is 0 Å². The van der Waals surface area contributed by atoms with E-state index in [1.807, 2.05) is 12.1 Å². The van der Waals surface area contributed by atoms with Crippen LogP contribution in [0.5, 0.6) is 0 Å². The van der Waals surface area contributed by atoms with Crippen molar-refractivity contribution in [3.8, 4) is 5.69 Å². The first kappa shape index (κ1) is 20.0. The van der Waals surface area contributed by atoms with Crippen LogP contribution in [0.15, 0.2) is 132 Å². The van der Waals surface area contributed by atoms with Crippen molar-refractivity contribution in [1.29, 1.82) is 0 Å². The number of para-hydroxylation sites is 1. The molecule has 0 radical (unpaired) electrons. The van der Waals surface area contributed by atoms with E-state index >= 15 is 0 Å². The lowest BCUT2D eigenvalue weighted by atomic mass is 9.96. The fourth-order valence-corrected chi connectivity index (χ4v) is 6.48. The third kappa shape index (κ3) is 2.56. The maximum Gasteiger partial charge on any atom is 0.135 e. The highest BCUT2D eigenvalue weighted by molar-refractivity contribution is 6.33. The summed E-state index contributed by atoms with van der Waals surface area (Å²) in [5.74, 6) is 0. The maximum atomic E-state index is 6.18. The minimum atomic E-state index is 0.913. The lowest BCUT2D eigenvalue weighted by Crippen LogP contribution is -1.95. The predicted molar refractivity (Wildman–Crippen MR) is 161 cm³/mol. The van der Waals surface area contributed by atoms with E-state index in [1.54, 1.807) is 0 Å². The summed E-state index contributed by atoms with van der Waals surface area (Å²) in [5, 5.41) is 12.5. The first-order chi connectivity index (χ1) is 18.8. The summed E-state index contributed by atoms with van der Waals surface area (Å²) in [6.07, 6.45) is 0.